The molecule has 0 atom stereocenters. The molecule has 0 bridgehead atoms. The molecule has 0 spiro atoms. The van der Waals surface area contributed by atoms with Crippen LogP contribution in [0.15, 0.2) is 18.7 Å². The van der Waals surface area contributed by atoms with Gasteiger partial charge >= 0.3 is 0 Å². The van der Waals surface area contributed by atoms with Crippen LogP contribution in [0.4, 0.5) is 0 Å². The van der Waals surface area contributed by atoms with Crippen molar-refractivity contribution >= 4 is 0 Å². The molecule has 0 aliphatic heterocycles. The number of imidazole rings is 1. The lowest BCUT2D eigenvalue weighted by Gasteiger charge is -1.98. The number of nitrogens with zero attached hydrogens (tertiary/aromatic N) is 2. The van der Waals surface area contributed by atoms with Crippen molar-refractivity contribution in [3.8, 4) is 0 Å². The van der Waals surface area contributed by atoms with Gasteiger partial charge in [0.2, 0.25) is 6.33 Å². The topological polar surface area (TPSA) is 18.0 Å². The fourth-order valence-corrected chi connectivity index (χ4v) is 1.38. The number of hydrogen-bond donors (Lipinski definition) is 0. The van der Waals surface area contributed by atoms with Crippen molar-refractivity contribution in [1.29, 1.82) is 0 Å². The van der Waals surface area contributed by atoms with Crippen molar-refractivity contribution in [3.05, 3.63) is 18.7 Å². The van der Waals surface area contributed by atoms with Gasteiger partial charge in [0.05, 0.1) is 13.2 Å². The number of hydrogen-bond acceptors (Lipinski definition) is 1. The molecule has 0 saturated carbocycles. The standard InChI is InChI=1S/C11H21N2O/c1-3-5-12-6-7-13(11-12)8-10-14-9-4-2/h6-7,11H,3-5,8-10H2,1-2H3/q+1. The molecule has 0 aliphatic rings. The fraction of sp³-hybridized carbons (Fsp3) is 0.727. The Bertz CT molecular complexity index is 245. The van der Waals surface area contributed by atoms with E-state index in [4.69, 9.17) is 4.74 Å². The predicted molar refractivity (Wildman–Crippen MR) is 56.0 cm³/mol. The van der Waals surface area contributed by atoms with Gasteiger partial charge in [-0.15, -0.1) is 0 Å². The van der Waals surface area contributed by atoms with Crippen molar-refractivity contribution in [1.82, 2.24) is 4.57 Å². The summed E-state index contributed by atoms with van der Waals surface area (Å²) in [4.78, 5) is 0. The van der Waals surface area contributed by atoms with E-state index in [1.54, 1.807) is 0 Å². The number of aromatic nitrogens is 2. The van der Waals surface area contributed by atoms with E-state index in [1.807, 2.05) is 0 Å². The van der Waals surface area contributed by atoms with E-state index in [9.17, 15) is 0 Å². The summed E-state index contributed by atoms with van der Waals surface area (Å²) in [6.45, 7) is 8.06. The van der Waals surface area contributed by atoms with Gasteiger partial charge in [0.15, 0.2) is 0 Å². The third-order valence-electron chi connectivity index (χ3n) is 2.07. The van der Waals surface area contributed by atoms with Crippen LogP contribution in [0.5, 0.6) is 0 Å². The molecule has 1 aromatic rings. The molecule has 14 heavy (non-hydrogen) atoms. The average molecular weight is 197 g/mol. The highest BCUT2D eigenvalue weighted by molar-refractivity contribution is 4.65. The Kier molecular flexibility index (Phi) is 5.30. The monoisotopic (exact) mass is 197 g/mol. The molecule has 3 nitrogen and oxygen atoms in total. The number of rotatable bonds is 7. The van der Waals surface area contributed by atoms with E-state index in [-0.39, 0.29) is 0 Å². The lowest BCUT2D eigenvalue weighted by molar-refractivity contribution is -0.696. The lowest BCUT2D eigenvalue weighted by Crippen LogP contribution is -2.30. The molecule has 3 heteroatoms. The maximum absolute atomic E-state index is 5.43. The third-order valence-corrected chi connectivity index (χ3v) is 2.07. The highest BCUT2D eigenvalue weighted by atomic mass is 16.5. The summed E-state index contributed by atoms with van der Waals surface area (Å²) in [7, 11) is 0. The van der Waals surface area contributed by atoms with Crippen LogP contribution < -0.4 is 4.57 Å². The SMILES string of the molecule is CCCOCCn1cc[n+](CCC)c1. The Balaban J connectivity index is 2.22. The summed E-state index contributed by atoms with van der Waals surface area (Å²) in [5.41, 5.74) is 0. The first-order valence-corrected chi connectivity index (χ1v) is 5.49. The Morgan fingerprint density at radius 2 is 2.07 bits per heavy atom. The van der Waals surface area contributed by atoms with Crippen LogP contribution in [0.1, 0.15) is 26.7 Å². The second-order valence-electron chi connectivity index (χ2n) is 3.50. The zero-order valence-corrected chi connectivity index (χ0v) is 9.28. The molecule has 1 heterocycles. The van der Waals surface area contributed by atoms with Gasteiger partial charge in [-0.25, -0.2) is 9.13 Å². The van der Waals surface area contributed by atoms with Crippen molar-refractivity contribution < 1.29 is 9.30 Å². The second kappa shape index (κ2) is 6.60. The number of aryl methyl sites for hydroxylation is 1. The Morgan fingerprint density at radius 1 is 1.21 bits per heavy atom. The van der Waals surface area contributed by atoms with Gasteiger partial charge in [0.25, 0.3) is 0 Å². The lowest BCUT2D eigenvalue weighted by atomic mass is 10.5. The molecule has 1 aromatic heterocycles. The third kappa shape index (κ3) is 3.92. The van der Waals surface area contributed by atoms with Gasteiger partial charge in [0, 0.05) is 6.61 Å². The molecule has 0 amide bonds. The normalized spacial score (nSPS) is 10.7. The van der Waals surface area contributed by atoms with Crippen LogP contribution in [0, 0.1) is 0 Å². The summed E-state index contributed by atoms with van der Waals surface area (Å²) in [5.74, 6) is 0. The predicted octanol–water partition coefficient (Wildman–Crippen LogP) is 1.61. The second-order valence-corrected chi connectivity index (χ2v) is 3.50. The zero-order valence-electron chi connectivity index (χ0n) is 9.28. The summed E-state index contributed by atoms with van der Waals surface area (Å²) < 4.78 is 9.81. The molecule has 0 aromatic carbocycles. The van der Waals surface area contributed by atoms with Crippen LogP contribution in [0.3, 0.4) is 0 Å². The maximum Gasteiger partial charge on any atom is 0.243 e. The minimum absolute atomic E-state index is 0.814. The van der Waals surface area contributed by atoms with Crippen molar-refractivity contribution in [2.24, 2.45) is 0 Å². The molecule has 80 valence electrons. The zero-order chi connectivity index (χ0) is 10.2. The van der Waals surface area contributed by atoms with E-state index >= 15 is 0 Å². The molecule has 0 N–H and O–H groups in total. The van der Waals surface area contributed by atoms with Crippen molar-refractivity contribution in [2.75, 3.05) is 13.2 Å². The van der Waals surface area contributed by atoms with E-state index < -0.39 is 0 Å². The Morgan fingerprint density at radius 3 is 2.79 bits per heavy atom. The fourth-order valence-electron chi connectivity index (χ4n) is 1.38. The van der Waals surface area contributed by atoms with Gasteiger partial charge in [-0.05, 0) is 12.8 Å². The summed E-state index contributed by atoms with van der Waals surface area (Å²) in [6, 6.07) is 0. The smallest absolute Gasteiger partial charge is 0.243 e. The van der Waals surface area contributed by atoms with Crippen molar-refractivity contribution in [2.45, 2.75) is 39.8 Å². The summed E-state index contributed by atoms with van der Waals surface area (Å²) >= 11 is 0. The van der Waals surface area contributed by atoms with Gasteiger partial charge in [0.1, 0.15) is 18.9 Å². The van der Waals surface area contributed by atoms with Gasteiger partial charge in [-0.2, -0.15) is 0 Å². The first-order valence-electron chi connectivity index (χ1n) is 5.49. The Labute approximate surface area is 86.3 Å². The highest BCUT2D eigenvalue weighted by Gasteiger charge is 2.01. The molecule has 0 saturated heterocycles. The number of ether oxygens (including phenoxy) is 1. The molecule has 0 unspecified atom stereocenters. The van der Waals surface area contributed by atoms with Crippen LogP contribution in [-0.4, -0.2) is 17.8 Å². The molecular formula is C11H21N2O+. The van der Waals surface area contributed by atoms with Gasteiger partial charge in [-0.1, -0.05) is 13.8 Å². The van der Waals surface area contributed by atoms with Crippen molar-refractivity contribution in [3.63, 3.8) is 0 Å². The summed E-state index contributed by atoms with van der Waals surface area (Å²) in [5, 5.41) is 0. The molecule has 0 fully saturated rings. The minimum Gasteiger partial charge on any atom is -0.377 e. The van der Waals surface area contributed by atoms with E-state index in [0.717, 1.165) is 32.7 Å². The molecule has 1 rings (SSSR count). The van der Waals surface area contributed by atoms with Crippen LogP contribution in [0.2, 0.25) is 0 Å². The molecule has 0 radical (unpaired) electrons. The van der Waals surface area contributed by atoms with Crippen LogP contribution in [0.25, 0.3) is 0 Å². The summed E-state index contributed by atoms with van der Waals surface area (Å²) in [6.07, 6.45) is 8.63. The Hall–Kier alpha value is -0.830. The average Bonchev–Trinajstić information content (AvgIpc) is 2.61. The molecular weight excluding hydrogens is 176 g/mol. The molecule has 0 aliphatic carbocycles. The van der Waals surface area contributed by atoms with E-state index in [0.29, 0.717) is 0 Å². The van der Waals surface area contributed by atoms with Crippen LogP contribution in [-0.2, 0) is 17.8 Å². The first kappa shape index (κ1) is 11.2. The maximum atomic E-state index is 5.43. The van der Waals surface area contributed by atoms with Gasteiger partial charge in [-0.3, -0.25) is 0 Å². The van der Waals surface area contributed by atoms with E-state index in [2.05, 4.69) is 41.7 Å². The quantitative estimate of drug-likeness (QED) is 0.480. The van der Waals surface area contributed by atoms with Crippen LogP contribution >= 0.6 is 0 Å². The van der Waals surface area contributed by atoms with E-state index in [1.165, 1.54) is 6.42 Å². The largest absolute Gasteiger partial charge is 0.377 e. The highest BCUT2D eigenvalue weighted by Crippen LogP contribution is 1.88. The van der Waals surface area contributed by atoms with Gasteiger partial charge < -0.3 is 4.74 Å². The minimum atomic E-state index is 0.814. The first-order chi connectivity index (χ1) is 6.86.